The topological polar surface area (TPSA) is 303 Å². The number of aromatic nitrogens is 6. The summed E-state index contributed by atoms with van der Waals surface area (Å²) < 4.78 is 52.0. The Kier molecular flexibility index (Phi) is 25.3. The number of aryl methyl sites for hydroxylation is 1. The summed E-state index contributed by atoms with van der Waals surface area (Å²) in [6, 6.07) is 16.8. The summed E-state index contributed by atoms with van der Waals surface area (Å²) in [5.41, 5.74) is 10.7. The number of carbonyl (C=O) groups excluding carboxylic acids is 6. The van der Waals surface area contributed by atoms with Gasteiger partial charge in [-0.25, -0.2) is 14.4 Å². The van der Waals surface area contributed by atoms with Crippen LogP contribution in [0.25, 0.3) is 32.9 Å². The van der Waals surface area contributed by atoms with Gasteiger partial charge in [0, 0.05) is 61.3 Å². The molecule has 6 N–H and O–H groups in total. The lowest BCUT2D eigenvalue weighted by Crippen LogP contribution is -2.42. The summed E-state index contributed by atoms with van der Waals surface area (Å²) in [6.45, 7) is 10.9. The van der Waals surface area contributed by atoms with Crippen LogP contribution in [0.15, 0.2) is 67.0 Å². The van der Waals surface area contributed by atoms with Gasteiger partial charge in [0.15, 0.2) is 11.5 Å². The Morgan fingerprint density at radius 1 is 0.670 bits per heavy atom. The van der Waals surface area contributed by atoms with Crippen molar-refractivity contribution in [2.75, 3.05) is 149 Å². The van der Waals surface area contributed by atoms with Gasteiger partial charge in [-0.15, -0.1) is 0 Å². The number of piperidine rings is 3. The van der Waals surface area contributed by atoms with E-state index in [0.717, 1.165) is 81.7 Å². The lowest BCUT2D eigenvalue weighted by atomic mass is 9.89. The largest absolute Gasteiger partial charge is 0.468 e. The van der Waals surface area contributed by atoms with Crippen LogP contribution in [0.5, 0.6) is 0 Å². The van der Waals surface area contributed by atoms with Crippen LogP contribution in [-0.2, 0) is 65.5 Å². The average Bonchev–Trinajstić information content (AvgIpc) is 1.72. The Labute approximate surface area is 528 Å². The molecule has 5 amide bonds. The van der Waals surface area contributed by atoms with Crippen molar-refractivity contribution in [1.29, 1.82) is 0 Å². The number of rotatable bonds is 34. The second-order valence-corrected chi connectivity index (χ2v) is 22.9. The minimum Gasteiger partial charge on any atom is -0.468 e. The highest BCUT2D eigenvalue weighted by molar-refractivity contribution is 6.00. The molecule has 3 aromatic heterocycles. The summed E-state index contributed by atoms with van der Waals surface area (Å²) in [7, 11) is 1.21. The highest BCUT2D eigenvalue weighted by Crippen LogP contribution is 2.36. The van der Waals surface area contributed by atoms with Crippen molar-refractivity contribution in [2.45, 2.75) is 77.3 Å². The van der Waals surface area contributed by atoms with Crippen LogP contribution >= 0.6 is 0 Å². The van der Waals surface area contributed by atoms with Gasteiger partial charge in [0.1, 0.15) is 24.7 Å². The molecule has 91 heavy (non-hydrogen) atoms. The molecular formula is C64H85FN14O12. The van der Waals surface area contributed by atoms with Crippen LogP contribution in [0.2, 0.25) is 0 Å². The molecule has 9 rings (SSSR count). The third-order valence-corrected chi connectivity index (χ3v) is 16.6. The number of methoxy groups -OCH3 is 1. The summed E-state index contributed by atoms with van der Waals surface area (Å²) >= 11 is 0. The third kappa shape index (κ3) is 19.6. The molecular weight excluding hydrogens is 1180 g/mol. The molecule has 3 fully saturated rings. The number of likely N-dealkylation sites (tertiary alicyclic amines) is 2. The van der Waals surface area contributed by atoms with Crippen molar-refractivity contribution in [3.8, 4) is 11.1 Å². The van der Waals surface area contributed by atoms with Crippen molar-refractivity contribution in [1.82, 2.24) is 55.3 Å². The van der Waals surface area contributed by atoms with Crippen molar-refractivity contribution < 1.29 is 61.6 Å². The number of hydrogen-bond donors (Lipinski definition) is 5. The van der Waals surface area contributed by atoms with Gasteiger partial charge >= 0.3 is 5.97 Å². The minimum atomic E-state index is -0.636. The lowest BCUT2D eigenvalue weighted by molar-refractivity contribution is -0.141. The zero-order chi connectivity index (χ0) is 63.9. The molecule has 3 aliphatic heterocycles. The molecule has 3 aromatic carbocycles. The first-order valence-corrected chi connectivity index (χ1v) is 31.5. The summed E-state index contributed by atoms with van der Waals surface area (Å²) in [4.78, 5) is 89.4. The van der Waals surface area contributed by atoms with E-state index in [1.807, 2.05) is 33.8 Å². The quantitative estimate of drug-likeness (QED) is 0.0279. The van der Waals surface area contributed by atoms with Gasteiger partial charge in [0.25, 0.3) is 5.91 Å². The maximum absolute atomic E-state index is 15.9. The fourth-order valence-corrected chi connectivity index (χ4v) is 11.6. The van der Waals surface area contributed by atoms with E-state index < -0.39 is 29.5 Å². The molecule has 0 unspecified atom stereocenters. The second-order valence-electron chi connectivity index (χ2n) is 22.9. The molecule has 0 spiro atoms. The molecule has 6 heterocycles. The van der Waals surface area contributed by atoms with Gasteiger partial charge in [-0.3, -0.25) is 43.0 Å². The Bertz CT molecular complexity index is 3400. The maximum atomic E-state index is 15.9. The Balaban J connectivity index is 0.558. The zero-order valence-corrected chi connectivity index (χ0v) is 52.1. The monoisotopic (exact) mass is 1260 g/mol. The van der Waals surface area contributed by atoms with Gasteiger partial charge in [-0.05, 0) is 118 Å². The number of ether oxygens (including phenoxy) is 6. The number of fused-ring (bicyclic) bond motifs is 2. The van der Waals surface area contributed by atoms with Gasteiger partial charge in [0.2, 0.25) is 23.6 Å². The van der Waals surface area contributed by atoms with E-state index >= 15 is 4.39 Å². The van der Waals surface area contributed by atoms with Crippen molar-refractivity contribution in [3.05, 3.63) is 89.8 Å². The van der Waals surface area contributed by atoms with E-state index in [4.69, 9.17) is 34.4 Å². The number of nitrogens with one attached hydrogen (secondary N) is 4. The van der Waals surface area contributed by atoms with Gasteiger partial charge in [-0.2, -0.15) is 10.2 Å². The number of nitrogens with zero attached hydrogens (tertiary/aromatic N) is 9. The number of nitrogens with two attached hydrogens (primary N) is 1. The zero-order valence-electron chi connectivity index (χ0n) is 52.1. The van der Waals surface area contributed by atoms with Crippen molar-refractivity contribution in [2.24, 2.45) is 11.7 Å². The fourth-order valence-electron chi connectivity index (χ4n) is 11.6. The molecule has 3 aliphatic rings. The Hall–Kier alpha value is -8.21. The number of anilines is 3. The van der Waals surface area contributed by atoms with Crippen LogP contribution in [0.3, 0.4) is 0 Å². The van der Waals surface area contributed by atoms with Gasteiger partial charge in [-0.1, -0.05) is 24.3 Å². The highest BCUT2D eigenvalue weighted by atomic mass is 19.1. The SMILES string of the molecule is COC(=O)CNC(=O)CNC(=O)Cn1nc(C)c2c(-c3cc4c(cnn4CC4CCN(CC(=O)NCCOCCOCCOCCOCCOCCC(=O)N5CCC(c6ccc(Nc7nc(N8CCCCC8)cnc7C(N)=O)cc6)CC5)CC4)cc3F)cccc21. The first-order valence-electron chi connectivity index (χ1n) is 31.5. The standard InChI is InChI=1S/C64H85FN14O12/c1-44-61-50(7-6-8-53(61)79(74-44)43-58(82)68-39-56(80)69-40-60(84)86-2)51-36-54-48(35-52(51)65)37-71-78(54)41-45-13-21-75(22-14-45)42-57(81)67-18-26-88-28-30-90-32-34-91-33-31-89-29-27-87-25-17-59(83)77-23-15-47(16-24-77)46-9-11-49(12-10-46)72-64-62(63(66)85)70-38-55(73-64)76-19-4-3-5-20-76/h6-12,35-38,45,47H,3-5,13-34,39-43H2,1-2H3,(H2,66,85)(H,67,81)(H,68,82)(H,69,80)(H,72,73). The van der Waals surface area contributed by atoms with Crippen LogP contribution in [0, 0.1) is 18.7 Å². The smallest absolute Gasteiger partial charge is 0.325 e. The lowest BCUT2D eigenvalue weighted by Gasteiger charge is -2.32. The van der Waals surface area contributed by atoms with E-state index in [1.165, 1.54) is 29.8 Å². The van der Waals surface area contributed by atoms with Gasteiger partial charge < -0.3 is 65.2 Å². The van der Waals surface area contributed by atoms with Crippen LogP contribution in [-0.4, -0.2) is 213 Å². The predicted octanol–water partition coefficient (Wildman–Crippen LogP) is 4.24. The number of halogens is 1. The third-order valence-electron chi connectivity index (χ3n) is 16.6. The van der Waals surface area contributed by atoms with Crippen LogP contribution in [0.1, 0.15) is 79.0 Å². The maximum Gasteiger partial charge on any atom is 0.325 e. The average molecular weight is 1260 g/mol. The highest BCUT2D eigenvalue weighted by Gasteiger charge is 2.27. The number of primary amides is 1. The molecule has 27 heteroatoms. The number of carbonyl (C=O) groups is 6. The minimum absolute atomic E-state index is 0.0618. The summed E-state index contributed by atoms with van der Waals surface area (Å²) in [5, 5.41) is 21.7. The number of hydrogen-bond acceptors (Lipinski definition) is 19. The molecule has 0 bridgehead atoms. The molecule has 3 saturated heterocycles. The molecule has 490 valence electrons. The fraction of sp³-hybridized carbons (Fsp3) is 0.531. The number of benzene rings is 3. The molecule has 0 atom stereocenters. The van der Waals surface area contributed by atoms with Crippen LogP contribution in [0.4, 0.5) is 21.7 Å². The van der Waals surface area contributed by atoms with Crippen LogP contribution < -0.4 is 31.9 Å². The van der Waals surface area contributed by atoms with E-state index in [1.54, 1.807) is 31.5 Å². The summed E-state index contributed by atoms with van der Waals surface area (Å²) in [5.74, 6) is -0.929. The molecule has 0 aliphatic carbocycles. The van der Waals surface area contributed by atoms with E-state index in [2.05, 4.69) is 63.1 Å². The molecule has 6 aromatic rings. The van der Waals surface area contributed by atoms with Crippen molar-refractivity contribution >= 4 is 74.6 Å². The normalized spacial score (nSPS) is 15.1. The Morgan fingerprint density at radius 2 is 1.33 bits per heavy atom. The Morgan fingerprint density at radius 3 is 2.01 bits per heavy atom. The van der Waals surface area contributed by atoms with E-state index in [-0.39, 0.29) is 37.1 Å². The first-order chi connectivity index (χ1) is 44.3. The van der Waals surface area contributed by atoms with Crippen molar-refractivity contribution in [3.63, 3.8) is 0 Å². The number of esters is 1. The van der Waals surface area contributed by atoms with E-state index in [0.29, 0.717) is 156 Å². The molecule has 26 nitrogen and oxygen atoms in total. The predicted molar refractivity (Wildman–Crippen MR) is 337 cm³/mol. The van der Waals surface area contributed by atoms with E-state index in [9.17, 15) is 28.8 Å². The second kappa shape index (κ2) is 34.3. The first kappa shape index (κ1) is 67.2. The summed E-state index contributed by atoms with van der Waals surface area (Å²) in [6.07, 6.45) is 10.5. The number of amides is 5. The van der Waals surface area contributed by atoms with Gasteiger partial charge in [0.05, 0.1) is 122 Å². The molecule has 0 radical (unpaired) electrons. The molecule has 0 saturated carbocycles.